The Morgan fingerprint density at radius 3 is 2.34 bits per heavy atom. The molecule has 0 saturated heterocycles. The molecule has 3 N–H and O–H groups in total. The lowest BCUT2D eigenvalue weighted by Gasteiger charge is -2.15. The molecule has 0 fully saturated rings. The molecule has 8 heteroatoms. The monoisotopic (exact) mass is 458 g/mol. The molecule has 0 bridgehead atoms. The highest BCUT2D eigenvalue weighted by Gasteiger charge is 2.15. The largest absolute Gasteiger partial charge is 0.469 e. The number of hydrogen-bond donors (Lipinski definition) is 3. The second kappa shape index (κ2) is 12.1. The number of carbonyl (C=O) groups is 2. The van der Waals surface area contributed by atoms with Gasteiger partial charge in [0.1, 0.15) is 0 Å². The fourth-order valence-corrected chi connectivity index (χ4v) is 3.26. The van der Waals surface area contributed by atoms with Crippen LogP contribution in [0.1, 0.15) is 43.4 Å². The van der Waals surface area contributed by atoms with Crippen molar-refractivity contribution in [3.8, 4) is 0 Å². The molecule has 2 aromatic carbocycles. The summed E-state index contributed by atoms with van der Waals surface area (Å²) in [5, 5.41) is 9.14. The Balaban J connectivity index is 2.15. The molecule has 0 aliphatic carbocycles. The molecule has 0 heterocycles. The standard InChI is InChI=1S/C24H31ClN4O3/c1-15(2)20-11-10-19(12-21(20)25)28-23(26-14-18-8-6-16(3)7-9-18)29-24(31)27-13-17(4)22(30)32-5/h6-12,15,17H,13-14H2,1-5H3,(H3,26,27,28,29,31)/t17-/m0/s1. The van der Waals surface area contributed by atoms with E-state index in [0.717, 1.165) is 11.1 Å². The van der Waals surface area contributed by atoms with Crippen molar-refractivity contribution in [2.45, 2.75) is 40.2 Å². The van der Waals surface area contributed by atoms with Crippen molar-refractivity contribution in [3.63, 3.8) is 0 Å². The molecular formula is C24H31ClN4O3. The van der Waals surface area contributed by atoms with Gasteiger partial charge in [0.25, 0.3) is 0 Å². The van der Waals surface area contributed by atoms with Crippen LogP contribution < -0.4 is 16.0 Å². The zero-order chi connectivity index (χ0) is 23.7. The minimum Gasteiger partial charge on any atom is -0.469 e. The van der Waals surface area contributed by atoms with E-state index in [2.05, 4.69) is 39.5 Å². The number of halogens is 1. The van der Waals surface area contributed by atoms with Gasteiger partial charge in [-0.1, -0.05) is 68.3 Å². The number of urea groups is 1. The first-order valence-electron chi connectivity index (χ1n) is 10.5. The van der Waals surface area contributed by atoms with Gasteiger partial charge in [-0.2, -0.15) is 0 Å². The SMILES string of the molecule is COC(=O)[C@@H](C)CNC(=O)N/C(=N\c1ccc(C(C)C)c(Cl)c1)NCc1ccc(C)cc1. The molecule has 0 saturated carbocycles. The Morgan fingerprint density at radius 2 is 1.75 bits per heavy atom. The molecular weight excluding hydrogens is 428 g/mol. The molecule has 0 spiro atoms. The maximum Gasteiger partial charge on any atom is 0.321 e. The smallest absolute Gasteiger partial charge is 0.321 e. The first-order chi connectivity index (χ1) is 15.2. The second-order valence-electron chi connectivity index (χ2n) is 7.92. The molecule has 0 unspecified atom stereocenters. The molecule has 0 aliphatic heterocycles. The molecule has 0 aromatic heterocycles. The van der Waals surface area contributed by atoms with Gasteiger partial charge in [0.2, 0.25) is 5.96 Å². The third kappa shape index (κ3) is 7.89. The lowest BCUT2D eigenvalue weighted by atomic mass is 10.0. The van der Waals surface area contributed by atoms with Crippen LogP contribution in [0.3, 0.4) is 0 Å². The normalized spacial score (nSPS) is 12.3. The molecule has 2 aromatic rings. The number of amides is 2. The highest BCUT2D eigenvalue weighted by Crippen LogP contribution is 2.28. The fraction of sp³-hybridized carbons (Fsp3) is 0.375. The van der Waals surface area contributed by atoms with Crippen molar-refractivity contribution >= 4 is 35.2 Å². The second-order valence-corrected chi connectivity index (χ2v) is 8.33. The predicted molar refractivity (Wildman–Crippen MR) is 128 cm³/mol. The third-order valence-electron chi connectivity index (χ3n) is 4.83. The minimum atomic E-state index is -0.485. The summed E-state index contributed by atoms with van der Waals surface area (Å²) in [6.45, 7) is 8.44. The summed E-state index contributed by atoms with van der Waals surface area (Å²) in [5.74, 6) is -0.298. The lowest BCUT2D eigenvalue weighted by Crippen LogP contribution is -2.47. The molecule has 0 aliphatic rings. The van der Waals surface area contributed by atoms with Crippen molar-refractivity contribution < 1.29 is 14.3 Å². The van der Waals surface area contributed by atoms with Crippen LogP contribution in [0.25, 0.3) is 0 Å². The van der Waals surface area contributed by atoms with Gasteiger partial charge in [0.15, 0.2) is 0 Å². The molecule has 32 heavy (non-hydrogen) atoms. The van der Waals surface area contributed by atoms with E-state index in [1.807, 2.05) is 43.3 Å². The van der Waals surface area contributed by atoms with E-state index >= 15 is 0 Å². The van der Waals surface area contributed by atoms with E-state index in [-0.39, 0.29) is 12.5 Å². The maximum absolute atomic E-state index is 12.4. The van der Waals surface area contributed by atoms with Crippen molar-refractivity contribution in [1.29, 1.82) is 0 Å². The zero-order valence-corrected chi connectivity index (χ0v) is 19.9. The number of esters is 1. The molecule has 0 radical (unpaired) electrons. The van der Waals surface area contributed by atoms with E-state index < -0.39 is 17.9 Å². The number of aryl methyl sites for hydroxylation is 1. The number of rotatable bonds is 7. The molecule has 172 valence electrons. The summed E-state index contributed by atoms with van der Waals surface area (Å²) in [4.78, 5) is 28.5. The van der Waals surface area contributed by atoms with Crippen molar-refractivity contribution in [2.75, 3.05) is 13.7 Å². The zero-order valence-electron chi connectivity index (χ0n) is 19.2. The number of hydrogen-bond acceptors (Lipinski definition) is 4. The van der Waals surface area contributed by atoms with Gasteiger partial charge in [0, 0.05) is 18.1 Å². The Kier molecular flexibility index (Phi) is 9.53. The van der Waals surface area contributed by atoms with E-state index in [9.17, 15) is 9.59 Å². The average molecular weight is 459 g/mol. The van der Waals surface area contributed by atoms with Crippen LogP contribution in [-0.2, 0) is 16.1 Å². The van der Waals surface area contributed by atoms with Crippen LogP contribution >= 0.6 is 11.6 Å². The topological polar surface area (TPSA) is 91.8 Å². The molecule has 7 nitrogen and oxygen atoms in total. The predicted octanol–water partition coefficient (Wildman–Crippen LogP) is 4.66. The highest BCUT2D eigenvalue weighted by molar-refractivity contribution is 6.31. The van der Waals surface area contributed by atoms with Gasteiger partial charge >= 0.3 is 12.0 Å². The summed E-state index contributed by atoms with van der Waals surface area (Å²) in [7, 11) is 1.31. The Labute approximate surface area is 194 Å². The number of ether oxygens (including phenoxy) is 1. The van der Waals surface area contributed by atoms with Gasteiger partial charge in [-0.3, -0.25) is 10.1 Å². The molecule has 1 atom stereocenters. The fourth-order valence-electron chi connectivity index (χ4n) is 2.87. The number of guanidine groups is 1. The van der Waals surface area contributed by atoms with Crippen LogP contribution in [0, 0.1) is 12.8 Å². The maximum atomic E-state index is 12.4. The highest BCUT2D eigenvalue weighted by atomic mass is 35.5. The first-order valence-corrected chi connectivity index (χ1v) is 10.9. The summed E-state index contributed by atoms with van der Waals surface area (Å²) < 4.78 is 4.68. The van der Waals surface area contributed by atoms with E-state index in [0.29, 0.717) is 23.2 Å². The summed E-state index contributed by atoms with van der Waals surface area (Å²) >= 11 is 6.40. The number of carbonyl (C=O) groups excluding carboxylic acids is 2. The summed E-state index contributed by atoms with van der Waals surface area (Å²) in [6.07, 6.45) is 0. The van der Waals surface area contributed by atoms with Crippen LogP contribution in [0.4, 0.5) is 10.5 Å². The quantitative estimate of drug-likeness (QED) is 0.319. The van der Waals surface area contributed by atoms with Crippen LogP contribution in [0.2, 0.25) is 5.02 Å². The van der Waals surface area contributed by atoms with Crippen LogP contribution in [0.5, 0.6) is 0 Å². The third-order valence-corrected chi connectivity index (χ3v) is 5.16. The van der Waals surface area contributed by atoms with Crippen molar-refractivity contribution in [3.05, 3.63) is 64.2 Å². The van der Waals surface area contributed by atoms with Crippen LogP contribution in [0.15, 0.2) is 47.5 Å². The first kappa shape index (κ1) is 25.2. The van der Waals surface area contributed by atoms with Crippen molar-refractivity contribution in [1.82, 2.24) is 16.0 Å². The number of nitrogens with zero attached hydrogens (tertiary/aromatic N) is 1. The minimum absolute atomic E-state index is 0.138. The summed E-state index contributed by atoms with van der Waals surface area (Å²) in [5.41, 5.74) is 3.84. The number of aliphatic imine (C=N–C) groups is 1. The molecule has 2 amide bonds. The summed E-state index contributed by atoms with van der Waals surface area (Å²) in [6, 6.07) is 13.1. The van der Waals surface area contributed by atoms with E-state index in [1.54, 1.807) is 13.0 Å². The number of methoxy groups -OCH3 is 1. The van der Waals surface area contributed by atoms with Gasteiger partial charge < -0.3 is 15.4 Å². The van der Waals surface area contributed by atoms with E-state index in [4.69, 9.17) is 11.6 Å². The number of nitrogens with one attached hydrogen (secondary N) is 3. The Hall–Kier alpha value is -3.06. The Bertz CT molecular complexity index is 958. The number of benzene rings is 2. The lowest BCUT2D eigenvalue weighted by molar-refractivity contribution is -0.144. The van der Waals surface area contributed by atoms with Gasteiger partial charge in [0.05, 0.1) is 18.7 Å². The van der Waals surface area contributed by atoms with E-state index in [1.165, 1.54) is 12.7 Å². The van der Waals surface area contributed by atoms with Gasteiger partial charge in [-0.15, -0.1) is 0 Å². The Morgan fingerprint density at radius 1 is 1.06 bits per heavy atom. The van der Waals surface area contributed by atoms with Crippen LogP contribution in [-0.4, -0.2) is 31.6 Å². The molecule has 2 rings (SSSR count). The average Bonchev–Trinajstić information content (AvgIpc) is 2.76. The van der Waals surface area contributed by atoms with Gasteiger partial charge in [-0.05, 0) is 36.1 Å². The van der Waals surface area contributed by atoms with Crippen molar-refractivity contribution in [2.24, 2.45) is 10.9 Å². The van der Waals surface area contributed by atoms with Gasteiger partial charge in [-0.25, -0.2) is 9.79 Å².